The molecule has 3 heteroatoms. The molecule has 0 amide bonds. The number of rotatable bonds is 3. The molecule has 0 aliphatic rings. The Morgan fingerprint density at radius 2 is 1.93 bits per heavy atom. The van der Waals surface area contributed by atoms with E-state index in [-0.39, 0.29) is 5.78 Å². The van der Waals surface area contributed by atoms with E-state index in [1.165, 1.54) is 0 Å². The Hall–Kier alpha value is -1.35. The highest BCUT2D eigenvalue weighted by molar-refractivity contribution is 9.10. The van der Waals surface area contributed by atoms with E-state index in [4.69, 9.17) is 4.42 Å². The van der Waals surface area contributed by atoms with E-state index in [0.29, 0.717) is 6.42 Å². The Bertz CT molecular complexity index is 443. The first-order valence-corrected chi connectivity index (χ1v) is 5.35. The van der Waals surface area contributed by atoms with E-state index < -0.39 is 0 Å². The van der Waals surface area contributed by atoms with E-state index >= 15 is 0 Å². The fourth-order valence-electron chi connectivity index (χ4n) is 1.32. The SMILES string of the molecule is O=C(Cc1ccoc1)c1ccc(Br)cc1. The maximum absolute atomic E-state index is 11.8. The molecule has 15 heavy (non-hydrogen) atoms. The number of furan rings is 1. The monoisotopic (exact) mass is 264 g/mol. The van der Waals surface area contributed by atoms with Crippen molar-refractivity contribution in [3.63, 3.8) is 0 Å². The molecule has 0 fully saturated rings. The van der Waals surface area contributed by atoms with E-state index in [0.717, 1.165) is 15.6 Å². The van der Waals surface area contributed by atoms with Crippen molar-refractivity contribution in [1.29, 1.82) is 0 Å². The van der Waals surface area contributed by atoms with Gasteiger partial charge in [-0.25, -0.2) is 0 Å². The average molecular weight is 265 g/mol. The number of carbonyl (C=O) groups is 1. The Labute approximate surface area is 96.0 Å². The number of carbonyl (C=O) groups excluding carboxylic acids is 1. The molecule has 1 aromatic heterocycles. The summed E-state index contributed by atoms with van der Waals surface area (Å²) in [7, 11) is 0. The van der Waals surface area contributed by atoms with Crippen LogP contribution in [0.2, 0.25) is 0 Å². The van der Waals surface area contributed by atoms with Crippen LogP contribution in [0.1, 0.15) is 15.9 Å². The lowest BCUT2D eigenvalue weighted by Gasteiger charge is -1.98. The third-order valence-electron chi connectivity index (χ3n) is 2.11. The molecule has 0 atom stereocenters. The van der Waals surface area contributed by atoms with Gasteiger partial charge in [0.05, 0.1) is 12.5 Å². The third kappa shape index (κ3) is 2.57. The van der Waals surface area contributed by atoms with Gasteiger partial charge in [0.2, 0.25) is 0 Å². The minimum atomic E-state index is 0.101. The quantitative estimate of drug-likeness (QED) is 0.795. The Morgan fingerprint density at radius 1 is 1.20 bits per heavy atom. The van der Waals surface area contributed by atoms with Crippen LogP contribution in [-0.2, 0) is 6.42 Å². The molecule has 0 aliphatic carbocycles. The van der Waals surface area contributed by atoms with Crippen LogP contribution in [0.15, 0.2) is 51.7 Å². The van der Waals surface area contributed by atoms with Gasteiger partial charge < -0.3 is 4.42 Å². The van der Waals surface area contributed by atoms with Crippen molar-refractivity contribution >= 4 is 21.7 Å². The molecule has 1 aromatic carbocycles. The fourth-order valence-corrected chi connectivity index (χ4v) is 1.58. The van der Waals surface area contributed by atoms with Crippen LogP contribution in [0.3, 0.4) is 0 Å². The number of halogens is 1. The summed E-state index contributed by atoms with van der Waals surface area (Å²) in [5, 5.41) is 0. The van der Waals surface area contributed by atoms with Crippen LogP contribution in [0.25, 0.3) is 0 Å². The summed E-state index contributed by atoms with van der Waals surface area (Å²) in [5.74, 6) is 0.101. The summed E-state index contributed by atoms with van der Waals surface area (Å²) in [6, 6.07) is 9.15. The van der Waals surface area contributed by atoms with Gasteiger partial charge in [-0.3, -0.25) is 4.79 Å². The van der Waals surface area contributed by atoms with Gasteiger partial charge in [0.15, 0.2) is 5.78 Å². The summed E-state index contributed by atoms with van der Waals surface area (Å²) >= 11 is 3.33. The van der Waals surface area contributed by atoms with Gasteiger partial charge in [-0.2, -0.15) is 0 Å². The van der Waals surface area contributed by atoms with Crippen LogP contribution < -0.4 is 0 Å². The molecular weight excluding hydrogens is 256 g/mol. The van der Waals surface area contributed by atoms with Gasteiger partial charge in [0.1, 0.15) is 0 Å². The average Bonchev–Trinajstić information content (AvgIpc) is 2.71. The summed E-state index contributed by atoms with van der Waals surface area (Å²) in [6.45, 7) is 0. The molecule has 0 radical (unpaired) electrons. The predicted molar refractivity (Wildman–Crippen MR) is 60.9 cm³/mol. The molecule has 1 heterocycles. The number of hydrogen-bond donors (Lipinski definition) is 0. The van der Waals surface area contributed by atoms with Gasteiger partial charge in [-0.05, 0) is 23.8 Å². The first-order chi connectivity index (χ1) is 7.25. The van der Waals surface area contributed by atoms with E-state index in [1.807, 2.05) is 24.3 Å². The second-order valence-electron chi connectivity index (χ2n) is 3.24. The molecule has 2 aromatic rings. The molecule has 0 unspecified atom stereocenters. The summed E-state index contributed by atoms with van der Waals surface area (Å²) < 4.78 is 5.89. The van der Waals surface area contributed by atoms with Crippen molar-refractivity contribution in [2.45, 2.75) is 6.42 Å². The molecule has 0 spiro atoms. The first-order valence-electron chi connectivity index (χ1n) is 4.55. The number of benzene rings is 1. The highest BCUT2D eigenvalue weighted by atomic mass is 79.9. The predicted octanol–water partition coefficient (Wildman–Crippen LogP) is 3.47. The summed E-state index contributed by atoms with van der Waals surface area (Å²) in [4.78, 5) is 11.8. The minimum Gasteiger partial charge on any atom is -0.472 e. The first kappa shape index (κ1) is 10.2. The minimum absolute atomic E-state index is 0.101. The second-order valence-corrected chi connectivity index (χ2v) is 4.15. The number of Topliss-reactive ketones (excluding diaryl/α,β-unsaturated/α-hetero) is 1. The fraction of sp³-hybridized carbons (Fsp3) is 0.0833. The van der Waals surface area contributed by atoms with Crippen molar-refractivity contribution in [1.82, 2.24) is 0 Å². The zero-order valence-corrected chi connectivity index (χ0v) is 9.53. The Balaban J connectivity index is 2.11. The molecular formula is C12H9BrO2. The Morgan fingerprint density at radius 3 is 2.53 bits per heavy atom. The zero-order valence-electron chi connectivity index (χ0n) is 7.94. The van der Waals surface area contributed by atoms with Gasteiger partial charge in [0, 0.05) is 16.5 Å². The molecule has 0 saturated heterocycles. The molecule has 0 N–H and O–H groups in total. The number of ketones is 1. The second kappa shape index (κ2) is 4.45. The summed E-state index contributed by atoms with van der Waals surface area (Å²) in [5.41, 5.74) is 1.63. The van der Waals surface area contributed by atoms with Crippen molar-refractivity contribution in [2.75, 3.05) is 0 Å². The Kier molecular flexibility index (Phi) is 3.02. The van der Waals surface area contributed by atoms with Gasteiger partial charge in [0.25, 0.3) is 0 Å². The van der Waals surface area contributed by atoms with Crippen molar-refractivity contribution < 1.29 is 9.21 Å². The third-order valence-corrected chi connectivity index (χ3v) is 2.64. The molecule has 2 nitrogen and oxygen atoms in total. The summed E-state index contributed by atoms with van der Waals surface area (Å²) in [6.07, 6.45) is 3.55. The van der Waals surface area contributed by atoms with Crippen LogP contribution in [0.5, 0.6) is 0 Å². The van der Waals surface area contributed by atoms with Crippen molar-refractivity contribution in [3.05, 3.63) is 58.5 Å². The molecule has 76 valence electrons. The highest BCUT2D eigenvalue weighted by Gasteiger charge is 2.07. The lowest BCUT2D eigenvalue weighted by atomic mass is 10.1. The maximum atomic E-state index is 11.8. The van der Waals surface area contributed by atoms with Gasteiger partial charge in [-0.1, -0.05) is 28.1 Å². The largest absolute Gasteiger partial charge is 0.472 e. The van der Waals surface area contributed by atoms with Crippen LogP contribution in [0, 0.1) is 0 Å². The van der Waals surface area contributed by atoms with Gasteiger partial charge in [-0.15, -0.1) is 0 Å². The maximum Gasteiger partial charge on any atom is 0.167 e. The molecule has 0 saturated carbocycles. The van der Waals surface area contributed by atoms with E-state index in [2.05, 4.69) is 15.9 Å². The van der Waals surface area contributed by atoms with Gasteiger partial charge >= 0.3 is 0 Å². The zero-order chi connectivity index (χ0) is 10.7. The highest BCUT2D eigenvalue weighted by Crippen LogP contribution is 2.13. The molecule has 0 bridgehead atoms. The molecule has 2 rings (SSSR count). The smallest absolute Gasteiger partial charge is 0.167 e. The van der Waals surface area contributed by atoms with E-state index in [9.17, 15) is 4.79 Å². The normalized spacial score (nSPS) is 10.2. The lowest BCUT2D eigenvalue weighted by molar-refractivity contribution is 0.0992. The van der Waals surface area contributed by atoms with Crippen LogP contribution >= 0.6 is 15.9 Å². The van der Waals surface area contributed by atoms with Crippen LogP contribution in [-0.4, -0.2) is 5.78 Å². The standard InChI is InChI=1S/C12H9BrO2/c13-11-3-1-10(2-4-11)12(14)7-9-5-6-15-8-9/h1-6,8H,7H2. The van der Waals surface area contributed by atoms with Crippen molar-refractivity contribution in [3.8, 4) is 0 Å². The lowest BCUT2D eigenvalue weighted by Crippen LogP contribution is -2.02. The van der Waals surface area contributed by atoms with Crippen LogP contribution in [0.4, 0.5) is 0 Å². The van der Waals surface area contributed by atoms with Crippen molar-refractivity contribution in [2.24, 2.45) is 0 Å². The van der Waals surface area contributed by atoms with E-state index in [1.54, 1.807) is 18.6 Å². The molecule has 0 aliphatic heterocycles. The number of hydrogen-bond acceptors (Lipinski definition) is 2. The topological polar surface area (TPSA) is 30.2 Å².